The molecule has 0 aromatic heterocycles. The quantitative estimate of drug-likeness (QED) is 0.883. The molecule has 0 bridgehead atoms. The molecule has 2 aromatic rings. The van der Waals surface area contributed by atoms with Crippen molar-refractivity contribution in [2.24, 2.45) is 5.14 Å². The summed E-state index contributed by atoms with van der Waals surface area (Å²) in [6.07, 6.45) is 2.40. The molecular weight excluding hydrogens is 344 g/mol. The van der Waals surface area contributed by atoms with E-state index in [0.29, 0.717) is 12.0 Å². The molecule has 1 aliphatic carbocycles. The van der Waals surface area contributed by atoms with Crippen molar-refractivity contribution in [3.63, 3.8) is 0 Å². The lowest BCUT2D eigenvalue weighted by molar-refractivity contribution is 0.519. The lowest BCUT2D eigenvalue weighted by Crippen LogP contribution is -2.16. The van der Waals surface area contributed by atoms with Gasteiger partial charge in [0.2, 0.25) is 10.0 Å². The van der Waals surface area contributed by atoms with Gasteiger partial charge in [0.05, 0.1) is 0 Å². The summed E-state index contributed by atoms with van der Waals surface area (Å²) in [7, 11) is -4.45. The van der Waals surface area contributed by atoms with Crippen molar-refractivity contribution in [3.8, 4) is 0 Å². The Hall–Kier alpha value is -2.05. The molecule has 2 N–H and O–H groups in total. The predicted molar refractivity (Wildman–Crippen MR) is 94.3 cm³/mol. The number of aryl methyl sites for hydroxylation is 2. The van der Waals surface area contributed by atoms with E-state index in [1.54, 1.807) is 0 Å². The Bertz CT molecular complexity index is 951. The first-order chi connectivity index (χ1) is 11.7. The van der Waals surface area contributed by atoms with Gasteiger partial charge in [-0.25, -0.2) is 22.3 Å². The fourth-order valence-electron chi connectivity index (χ4n) is 3.54. The Morgan fingerprint density at radius 2 is 1.28 bits per heavy atom. The Morgan fingerprint density at radius 1 is 0.840 bits per heavy atom. The summed E-state index contributed by atoms with van der Waals surface area (Å²) in [5.41, 5.74) is 5.56. The van der Waals surface area contributed by atoms with Crippen molar-refractivity contribution in [2.45, 2.75) is 38.0 Å². The molecule has 0 spiro atoms. The van der Waals surface area contributed by atoms with Crippen molar-refractivity contribution < 1.29 is 17.2 Å². The number of rotatable bonds is 3. The summed E-state index contributed by atoms with van der Waals surface area (Å²) in [6, 6.07) is 8.30. The molecule has 3 rings (SSSR count). The molecule has 0 radical (unpaired) electrons. The third-order valence-electron chi connectivity index (χ3n) is 4.42. The molecule has 0 saturated carbocycles. The van der Waals surface area contributed by atoms with Gasteiger partial charge in [0.15, 0.2) is 4.90 Å². The van der Waals surface area contributed by atoms with Crippen molar-refractivity contribution in [3.05, 3.63) is 64.2 Å². The van der Waals surface area contributed by atoms with E-state index in [0.717, 1.165) is 52.8 Å². The minimum absolute atomic E-state index is 0.369. The van der Waals surface area contributed by atoms with E-state index in [4.69, 9.17) is 5.14 Å². The van der Waals surface area contributed by atoms with E-state index in [-0.39, 0.29) is 0 Å². The van der Waals surface area contributed by atoms with Crippen LogP contribution in [0, 0.1) is 25.5 Å². The molecule has 0 heterocycles. The molecule has 0 aliphatic heterocycles. The molecule has 0 amide bonds. The molecule has 0 atom stereocenters. The van der Waals surface area contributed by atoms with E-state index < -0.39 is 26.6 Å². The first-order valence-electron chi connectivity index (χ1n) is 7.99. The molecular formula is C19H19F2NO2S. The van der Waals surface area contributed by atoms with Crippen molar-refractivity contribution in [1.29, 1.82) is 0 Å². The Balaban J connectivity index is 2.17. The number of benzene rings is 2. The zero-order chi connectivity index (χ0) is 18.4. The Kier molecular flexibility index (Phi) is 4.51. The van der Waals surface area contributed by atoms with Crippen molar-refractivity contribution in [2.75, 3.05) is 0 Å². The van der Waals surface area contributed by atoms with Crippen LogP contribution < -0.4 is 5.14 Å². The third kappa shape index (κ3) is 3.50. The molecule has 2 aromatic carbocycles. The predicted octanol–water partition coefficient (Wildman–Crippen LogP) is 4.32. The fraction of sp³-hybridized carbons (Fsp3) is 0.263. The van der Waals surface area contributed by atoms with Gasteiger partial charge in [-0.15, -0.1) is 0 Å². The van der Waals surface area contributed by atoms with Crippen molar-refractivity contribution in [1.82, 2.24) is 0 Å². The average Bonchev–Trinajstić information content (AvgIpc) is 2.93. The number of primary sulfonamides is 1. The second-order valence-electron chi connectivity index (χ2n) is 6.50. The van der Waals surface area contributed by atoms with Gasteiger partial charge < -0.3 is 0 Å². The lowest BCUT2D eigenvalue weighted by atomic mass is 9.94. The number of sulfonamides is 1. The van der Waals surface area contributed by atoms with Crippen LogP contribution in [-0.2, 0) is 10.0 Å². The number of allylic oxidation sites excluding steroid dienone is 2. The first-order valence-corrected chi connectivity index (χ1v) is 9.54. The van der Waals surface area contributed by atoms with E-state index in [9.17, 15) is 17.2 Å². The zero-order valence-electron chi connectivity index (χ0n) is 14.1. The van der Waals surface area contributed by atoms with Gasteiger partial charge in [0.25, 0.3) is 0 Å². The summed E-state index contributed by atoms with van der Waals surface area (Å²) >= 11 is 0. The second-order valence-corrected chi connectivity index (χ2v) is 8.00. The van der Waals surface area contributed by atoms with Crippen LogP contribution in [-0.4, -0.2) is 8.42 Å². The van der Waals surface area contributed by atoms with Crippen LogP contribution in [0.25, 0.3) is 11.1 Å². The molecule has 6 heteroatoms. The normalized spacial score (nSPS) is 15.1. The maximum absolute atomic E-state index is 14.2. The smallest absolute Gasteiger partial charge is 0.224 e. The SMILES string of the molecule is Cc1cc(C)cc(C2=C(c3cc(F)c(S(N)(=O)=O)c(F)c3)CCC2)c1. The highest BCUT2D eigenvalue weighted by Gasteiger charge is 2.24. The zero-order valence-corrected chi connectivity index (χ0v) is 14.9. The molecule has 0 unspecified atom stereocenters. The molecule has 0 fully saturated rings. The van der Waals surface area contributed by atoms with Gasteiger partial charge >= 0.3 is 0 Å². The van der Waals surface area contributed by atoms with Crippen LogP contribution in [0.4, 0.5) is 8.78 Å². The van der Waals surface area contributed by atoms with E-state index >= 15 is 0 Å². The summed E-state index contributed by atoms with van der Waals surface area (Å²) in [5, 5.41) is 4.89. The number of hydrogen-bond acceptors (Lipinski definition) is 2. The minimum atomic E-state index is -4.45. The summed E-state index contributed by atoms with van der Waals surface area (Å²) in [4.78, 5) is -1.08. The number of nitrogens with two attached hydrogens (primary N) is 1. The highest BCUT2D eigenvalue weighted by Crippen LogP contribution is 2.41. The standard InChI is InChI=1S/C19H19F2NO2S/c1-11-6-12(2)8-13(7-11)15-4-3-5-16(15)14-9-17(20)19(18(21)10-14)25(22,23)24/h6-10H,3-5H2,1-2H3,(H2,22,23,24). The van der Waals surface area contributed by atoms with Gasteiger partial charge in [0.1, 0.15) is 11.6 Å². The van der Waals surface area contributed by atoms with E-state index in [1.165, 1.54) is 0 Å². The first kappa shape index (κ1) is 17.8. The summed E-state index contributed by atoms with van der Waals surface area (Å²) < 4.78 is 51.1. The van der Waals surface area contributed by atoms with Gasteiger partial charge in [-0.2, -0.15) is 0 Å². The van der Waals surface area contributed by atoms with Crippen LogP contribution in [0.5, 0.6) is 0 Å². The molecule has 25 heavy (non-hydrogen) atoms. The van der Waals surface area contributed by atoms with Gasteiger partial charge in [0, 0.05) is 0 Å². The monoisotopic (exact) mass is 363 g/mol. The summed E-state index contributed by atoms with van der Waals surface area (Å²) in [5.74, 6) is -2.31. The lowest BCUT2D eigenvalue weighted by Gasteiger charge is -2.12. The number of hydrogen-bond donors (Lipinski definition) is 1. The van der Waals surface area contributed by atoms with Crippen LogP contribution in [0.2, 0.25) is 0 Å². The molecule has 3 nitrogen and oxygen atoms in total. The van der Waals surface area contributed by atoms with Crippen LogP contribution in [0.15, 0.2) is 35.2 Å². The van der Waals surface area contributed by atoms with Crippen LogP contribution in [0.3, 0.4) is 0 Å². The third-order valence-corrected chi connectivity index (χ3v) is 5.38. The van der Waals surface area contributed by atoms with Gasteiger partial charge in [-0.3, -0.25) is 0 Å². The molecule has 0 saturated heterocycles. The highest BCUT2D eigenvalue weighted by molar-refractivity contribution is 7.89. The van der Waals surface area contributed by atoms with E-state index in [2.05, 4.69) is 18.2 Å². The maximum atomic E-state index is 14.2. The van der Waals surface area contributed by atoms with Crippen LogP contribution >= 0.6 is 0 Å². The maximum Gasteiger partial charge on any atom is 0.243 e. The second kappa shape index (κ2) is 6.35. The molecule has 1 aliphatic rings. The number of halogens is 2. The molecule has 132 valence electrons. The van der Waals surface area contributed by atoms with Crippen molar-refractivity contribution >= 4 is 21.2 Å². The fourth-order valence-corrected chi connectivity index (χ4v) is 4.20. The Labute approximate surface area is 146 Å². The Morgan fingerprint density at radius 3 is 1.72 bits per heavy atom. The highest BCUT2D eigenvalue weighted by atomic mass is 32.2. The van der Waals surface area contributed by atoms with Gasteiger partial charge in [-0.05, 0) is 67.5 Å². The average molecular weight is 363 g/mol. The summed E-state index contributed by atoms with van der Waals surface area (Å²) in [6.45, 7) is 4.01. The largest absolute Gasteiger partial charge is 0.243 e. The minimum Gasteiger partial charge on any atom is -0.224 e. The van der Waals surface area contributed by atoms with E-state index in [1.807, 2.05) is 13.8 Å². The van der Waals surface area contributed by atoms with Gasteiger partial charge in [-0.1, -0.05) is 29.3 Å². The van der Waals surface area contributed by atoms with Crippen LogP contribution in [0.1, 0.15) is 41.5 Å². The topological polar surface area (TPSA) is 60.2 Å².